The van der Waals surface area contributed by atoms with Crippen molar-refractivity contribution >= 4 is 12.1 Å². The average molecular weight is 365 g/mol. The SMILES string of the molecule is Cc1ccccc1C12CC(C(NC(=O)OCc3ccccc3)C(=O)O)(C1)C2. The summed E-state index contributed by atoms with van der Waals surface area (Å²) in [5.41, 5.74) is 3.13. The molecular weight excluding hydrogens is 342 g/mol. The smallest absolute Gasteiger partial charge is 0.408 e. The predicted molar refractivity (Wildman–Crippen MR) is 100 cm³/mol. The van der Waals surface area contributed by atoms with E-state index in [-0.39, 0.29) is 17.4 Å². The fourth-order valence-electron chi connectivity index (χ4n) is 4.99. The van der Waals surface area contributed by atoms with Crippen LogP contribution in [0.3, 0.4) is 0 Å². The number of hydrogen-bond acceptors (Lipinski definition) is 3. The molecule has 5 nitrogen and oxygen atoms in total. The van der Waals surface area contributed by atoms with E-state index in [1.807, 2.05) is 42.5 Å². The van der Waals surface area contributed by atoms with Gasteiger partial charge in [0.1, 0.15) is 12.6 Å². The number of alkyl carbamates (subject to hydrolysis) is 1. The molecule has 1 amide bonds. The molecule has 5 rings (SSSR count). The summed E-state index contributed by atoms with van der Waals surface area (Å²) in [7, 11) is 0. The van der Waals surface area contributed by atoms with Crippen molar-refractivity contribution in [2.24, 2.45) is 5.41 Å². The Morgan fingerprint density at radius 1 is 1.07 bits per heavy atom. The van der Waals surface area contributed by atoms with Crippen molar-refractivity contribution in [1.82, 2.24) is 5.32 Å². The summed E-state index contributed by atoms with van der Waals surface area (Å²) >= 11 is 0. The molecule has 5 heteroatoms. The molecule has 1 unspecified atom stereocenters. The van der Waals surface area contributed by atoms with Crippen molar-refractivity contribution in [3.63, 3.8) is 0 Å². The molecular formula is C22H23NO4. The molecule has 3 aliphatic carbocycles. The number of ether oxygens (including phenoxy) is 1. The topological polar surface area (TPSA) is 75.6 Å². The van der Waals surface area contributed by atoms with Gasteiger partial charge in [-0.25, -0.2) is 9.59 Å². The number of carbonyl (C=O) groups is 2. The maximum atomic E-state index is 12.1. The lowest BCUT2D eigenvalue weighted by molar-refractivity contribution is -0.183. The first-order valence-corrected chi connectivity index (χ1v) is 9.20. The van der Waals surface area contributed by atoms with Crippen LogP contribution in [0.1, 0.15) is 36.0 Å². The fraction of sp³-hybridized carbons (Fsp3) is 0.364. The predicted octanol–water partition coefficient (Wildman–Crippen LogP) is 3.80. The molecule has 2 bridgehead atoms. The number of nitrogens with one attached hydrogen (secondary N) is 1. The maximum absolute atomic E-state index is 12.1. The van der Waals surface area contributed by atoms with Gasteiger partial charge in [-0.15, -0.1) is 0 Å². The molecule has 0 saturated heterocycles. The van der Waals surface area contributed by atoms with Crippen LogP contribution in [-0.2, 0) is 21.6 Å². The molecule has 0 aliphatic heterocycles. The van der Waals surface area contributed by atoms with Crippen molar-refractivity contribution in [1.29, 1.82) is 0 Å². The van der Waals surface area contributed by atoms with Crippen molar-refractivity contribution in [3.8, 4) is 0 Å². The van der Waals surface area contributed by atoms with E-state index < -0.39 is 18.1 Å². The minimum absolute atomic E-state index is 0.0780. The van der Waals surface area contributed by atoms with Crippen LogP contribution in [0, 0.1) is 12.3 Å². The second-order valence-corrected chi connectivity index (χ2v) is 7.97. The molecule has 0 heterocycles. The molecule has 1 atom stereocenters. The standard InChI is InChI=1S/C22H23NO4/c1-15-7-5-6-10-17(15)21-12-22(13-21,14-21)18(19(24)25)23-20(26)27-11-16-8-3-2-4-9-16/h2-10,18H,11-14H2,1H3,(H,23,26)(H,24,25). The molecule has 3 fully saturated rings. The Morgan fingerprint density at radius 3 is 2.33 bits per heavy atom. The van der Waals surface area contributed by atoms with Crippen LogP contribution in [0.15, 0.2) is 54.6 Å². The van der Waals surface area contributed by atoms with Gasteiger partial charge in [0.25, 0.3) is 0 Å². The Labute approximate surface area is 158 Å². The summed E-state index contributed by atoms with van der Waals surface area (Å²) in [5.74, 6) is -0.996. The summed E-state index contributed by atoms with van der Waals surface area (Å²) in [6.07, 6.45) is 1.70. The number of rotatable bonds is 6. The summed E-state index contributed by atoms with van der Waals surface area (Å²) in [6.45, 7) is 2.22. The summed E-state index contributed by atoms with van der Waals surface area (Å²) < 4.78 is 5.21. The molecule has 0 radical (unpaired) electrons. The average Bonchev–Trinajstić information content (AvgIpc) is 2.59. The lowest BCUT2D eigenvalue weighted by Crippen LogP contribution is -2.73. The summed E-state index contributed by atoms with van der Waals surface area (Å²) in [5, 5.41) is 12.3. The van der Waals surface area contributed by atoms with E-state index in [4.69, 9.17) is 4.74 Å². The van der Waals surface area contributed by atoms with Crippen LogP contribution in [0.4, 0.5) is 4.79 Å². The van der Waals surface area contributed by atoms with Gasteiger partial charge in [0.05, 0.1) is 0 Å². The zero-order valence-corrected chi connectivity index (χ0v) is 15.3. The molecule has 3 saturated carbocycles. The van der Waals surface area contributed by atoms with E-state index in [9.17, 15) is 14.7 Å². The number of carboxylic acid groups (broad SMARTS) is 1. The summed E-state index contributed by atoms with van der Waals surface area (Å²) in [4.78, 5) is 24.0. The Morgan fingerprint density at radius 2 is 1.70 bits per heavy atom. The highest BCUT2D eigenvalue weighted by atomic mass is 16.5. The van der Waals surface area contributed by atoms with Gasteiger partial charge >= 0.3 is 12.1 Å². The van der Waals surface area contributed by atoms with Gasteiger partial charge in [0, 0.05) is 5.41 Å². The monoisotopic (exact) mass is 365 g/mol. The first-order chi connectivity index (χ1) is 12.9. The van der Waals surface area contributed by atoms with Crippen LogP contribution in [0.25, 0.3) is 0 Å². The Kier molecular flexibility index (Phi) is 4.17. The first kappa shape index (κ1) is 17.6. The van der Waals surface area contributed by atoms with Crippen molar-refractivity contribution in [2.45, 2.75) is 44.2 Å². The molecule has 27 heavy (non-hydrogen) atoms. The molecule has 2 N–H and O–H groups in total. The third-order valence-electron chi connectivity index (χ3n) is 6.12. The Hall–Kier alpha value is -2.82. The second kappa shape index (κ2) is 6.41. The number of amides is 1. The molecule has 0 aromatic heterocycles. The maximum Gasteiger partial charge on any atom is 0.408 e. The molecule has 0 spiro atoms. The summed E-state index contributed by atoms with van der Waals surface area (Å²) in [6, 6.07) is 16.7. The van der Waals surface area contributed by atoms with Gasteiger partial charge in [-0.2, -0.15) is 0 Å². The van der Waals surface area contributed by atoms with Crippen molar-refractivity contribution in [3.05, 3.63) is 71.3 Å². The van der Waals surface area contributed by atoms with E-state index in [0.717, 1.165) is 24.8 Å². The highest BCUT2D eigenvalue weighted by Crippen LogP contribution is 2.75. The van der Waals surface area contributed by atoms with Crippen LogP contribution in [-0.4, -0.2) is 23.2 Å². The van der Waals surface area contributed by atoms with E-state index >= 15 is 0 Å². The van der Waals surface area contributed by atoms with Crippen LogP contribution in [0.5, 0.6) is 0 Å². The third kappa shape index (κ3) is 2.97. The molecule has 3 aliphatic rings. The highest BCUT2D eigenvalue weighted by Gasteiger charge is 2.72. The first-order valence-electron chi connectivity index (χ1n) is 9.20. The van der Waals surface area contributed by atoms with E-state index in [0.29, 0.717) is 0 Å². The molecule has 140 valence electrons. The number of carbonyl (C=O) groups excluding carboxylic acids is 1. The number of hydrogen-bond donors (Lipinski definition) is 2. The van der Waals surface area contributed by atoms with Gasteiger partial charge in [0.15, 0.2) is 0 Å². The largest absolute Gasteiger partial charge is 0.480 e. The fourth-order valence-corrected chi connectivity index (χ4v) is 4.99. The molecule has 2 aromatic carbocycles. The van der Waals surface area contributed by atoms with Gasteiger partial charge in [-0.1, -0.05) is 54.6 Å². The number of carboxylic acids is 1. The minimum Gasteiger partial charge on any atom is -0.480 e. The van der Waals surface area contributed by atoms with E-state index in [1.165, 1.54) is 11.1 Å². The van der Waals surface area contributed by atoms with Crippen LogP contribution < -0.4 is 5.32 Å². The Balaban J connectivity index is 1.38. The second-order valence-electron chi connectivity index (χ2n) is 7.97. The minimum atomic E-state index is -0.996. The van der Waals surface area contributed by atoms with E-state index in [1.54, 1.807) is 0 Å². The van der Waals surface area contributed by atoms with Crippen LogP contribution in [0.2, 0.25) is 0 Å². The zero-order valence-electron chi connectivity index (χ0n) is 15.3. The highest BCUT2D eigenvalue weighted by molar-refractivity contribution is 5.82. The van der Waals surface area contributed by atoms with Crippen molar-refractivity contribution in [2.75, 3.05) is 0 Å². The number of aliphatic carboxylic acids is 1. The molecule has 2 aromatic rings. The van der Waals surface area contributed by atoms with Crippen LogP contribution >= 0.6 is 0 Å². The van der Waals surface area contributed by atoms with Crippen molar-refractivity contribution < 1.29 is 19.4 Å². The lowest BCUT2D eigenvalue weighted by atomic mass is 9.31. The van der Waals surface area contributed by atoms with Gasteiger partial charge in [0.2, 0.25) is 0 Å². The number of benzene rings is 2. The van der Waals surface area contributed by atoms with E-state index in [2.05, 4.69) is 24.4 Å². The zero-order chi connectivity index (χ0) is 19.1. The third-order valence-corrected chi connectivity index (χ3v) is 6.12. The Bertz CT molecular complexity index is 857. The van der Waals surface area contributed by atoms with Gasteiger partial charge in [-0.3, -0.25) is 0 Å². The van der Waals surface area contributed by atoms with Gasteiger partial charge in [-0.05, 0) is 48.3 Å². The van der Waals surface area contributed by atoms with Gasteiger partial charge < -0.3 is 15.2 Å². The quantitative estimate of drug-likeness (QED) is 0.816. The normalized spacial score (nSPS) is 26.3. The number of aryl methyl sites for hydroxylation is 1. The lowest BCUT2D eigenvalue weighted by Gasteiger charge is -2.72.